The maximum Gasteiger partial charge on any atom is 0.254 e. The van der Waals surface area contributed by atoms with Gasteiger partial charge < -0.3 is 15.5 Å². The molecule has 1 aromatic carbocycles. The smallest absolute Gasteiger partial charge is 0.254 e. The Hall–Kier alpha value is -1.66. The lowest BCUT2D eigenvalue weighted by molar-refractivity contribution is -0.131. The number of carbonyl (C=O) groups excluding carboxylic acids is 2. The van der Waals surface area contributed by atoms with E-state index in [4.69, 9.17) is 5.73 Å². The molecule has 5 nitrogen and oxygen atoms in total. The van der Waals surface area contributed by atoms with Crippen LogP contribution in [0.2, 0.25) is 0 Å². The minimum Gasteiger partial charge on any atom is -0.341 e. The summed E-state index contributed by atoms with van der Waals surface area (Å²) < 4.78 is 13.3. The lowest BCUT2D eigenvalue weighted by Gasteiger charge is -2.22. The van der Waals surface area contributed by atoms with E-state index in [1.807, 2.05) is 6.92 Å². The van der Waals surface area contributed by atoms with Gasteiger partial charge in [0.1, 0.15) is 5.82 Å². The van der Waals surface area contributed by atoms with E-state index in [0.29, 0.717) is 44.6 Å². The molecule has 1 saturated heterocycles. The van der Waals surface area contributed by atoms with Crippen molar-refractivity contribution in [1.82, 2.24) is 9.80 Å². The molecule has 2 amide bonds. The minimum atomic E-state index is -0.418. The molecule has 1 aliphatic heterocycles. The molecule has 0 spiro atoms. The summed E-state index contributed by atoms with van der Waals surface area (Å²) in [6.45, 7) is 4.09. The average Bonchev–Trinajstić information content (AvgIpc) is 2.78. The summed E-state index contributed by atoms with van der Waals surface area (Å²) in [5, 5.41) is 0. The van der Waals surface area contributed by atoms with Gasteiger partial charge in [0.15, 0.2) is 0 Å². The number of carbonyl (C=O) groups is 2. The van der Waals surface area contributed by atoms with Gasteiger partial charge in [-0.25, -0.2) is 4.39 Å². The number of nitrogens with zero attached hydrogens (tertiary/aromatic N) is 2. The molecule has 24 heavy (non-hydrogen) atoms. The van der Waals surface area contributed by atoms with E-state index >= 15 is 0 Å². The Morgan fingerprint density at radius 2 is 1.88 bits per heavy atom. The molecule has 1 fully saturated rings. The quantitative estimate of drug-likeness (QED) is 0.896. The van der Waals surface area contributed by atoms with Gasteiger partial charge in [-0.05, 0) is 38.0 Å². The highest BCUT2D eigenvalue weighted by Gasteiger charge is 2.22. The Labute approximate surface area is 148 Å². The maximum atomic E-state index is 13.3. The highest BCUT2D eigenvalue weighted by molar-refractivity contribution is 5.94. The summed E-state index contributed by atoms with van der Waals surface area (Å²) in [5.74, 6) is -0.518. The number of rotatable bonds is 4. The van der Waals surface area contributed by atoms with Crippen molar-refractivity contribution in [3.63, 3.8) is 0 Å². The monoisotopic (exact) mass is 357 g/mol. The van der Waals surface area contributed by atoms with Gasteiger partial charge in [0.25, 0.3) is 5.91 Å². The van der Waals surface area contributed by atoms with Crippen molar-refractivity contribution in [3.05, 3.63) is 35.6 Å². The average molecular weight is 358 g/mol. The fourth-order valence-electron chi connectivity index (χ4n) is 2.68. The SMILES string of the molecule is CC(N)CCC(=O)N1CCCN(C(=O)c2cccc(F)c2)CC1.Cl. The largest absolute Gasteiger partial charge is 0.341 e. The topological polar surface area (TPSA) is 66.6 Å². The van der Waals surface area contributed by atoms with Crippen LogP contribution in [0, 0.1) is 5.82 Å². The molecule has 1 unspecified atom stereocenters. The molecule has 1 heterocycles. The number of hydrogen-bond donors (Lipinski definition) is 1. The zero-order chi connectivity index (χ0) is 16.8. The number of nitrogens with two attached hydrogens (primary N) is 1. The molecule has 0 aliphatic carbocycles. The molecular weight excluding hydrogens is 333 g/mol. The Balaban J connectivity index is 0.00000288. The lowest BCUT2D eigenvalue weighted by Crippen LogP contribution is -2.37. The first-order valence-electron chi connectivity index (χ1n) is 8.05. The molecule has 1 aromatic rings. The Kier molecular flexibility index (Phi) is 8.15. The highest BCUT2D eigenvalue weighted by Crippen LogP contribution is 2.12. The fourth-order valence-corrected chi connectivity index (χ4v) is 2.68. The Morgan fingerprint density at radius 1 is 1.21 bits per heavy atom. The van der Waals surface area contributed by atoms with E-state index in [0.717, 1.165) is 6.42 Å². The zero-order valence-corrected chi connectivity index (χ0v) is 14.7. The summed E-state index contributed by atoms with van der Waals surface area (Å²) in [7, 11) is 0. The van der Waals surface area contributed by atoms with Gasteiger partial charge >= 0.3 is 0 Å². The molecule has 1 aliphatic rings. The zero-order valence-electron chi connectivity index (χ0n) is 13.9. The van der Waals surface area contributed by atoms with Gasteiger partial charge in [-0.1, -0.05) is 6.07 Å². The molecule has 134 valence electrons. The van der Waals surface area contributed by atoms with Crippen molar-refractivity contribution < 1.29 is 14.0 Å². The molecule has 2 rings (SSSR count). The molecule has 0 aromatic heterocycles. The Bertz CT molecular complexity index is 569. The van der Waals surface area contributed by atoms with Crippen LogP contribution in [0.25, 0.3) is 0 Å². The molecule has 1 atom stereocenters. The molecule has 0 radical (unpaired) electrons. The maximum absolute atomic E-state index is 13.3. The van der Waals surface area contributed by atoms with Crippen LogP contribution in [-0.4, -0.2) is 53.8 Å². The predicted molar refractivity (Wildman–Crippen MR) is 93.6 cm³/mol. The van der Waals surface area contributed by atoms with E-state index < -0.39 is 5.82 Å². The molecular formula is C17H25ClFN3O2. The second kappa shape index (κ2) is 9.59. The number of hydrogen-bond acceptors (Lipinski definition) is 3. The van der Waals surface area contributed by atoms with E-state index in [9.17, 15) is 14.0 Å². The summed E-state index contributed by atoms with van der Waals surface area (Å²) in [6, 6.07) is 5.72. The molecule has 2 N–H and O–H groups in total. The van der Waals surface area contributed by atoms with Crippen molar-refractivity contribution in [2.45, 2.75) is 32.2 Å². The van der Waals surface area contributed by atoms with Gasteiger partial charge in [-0.3, -0.25) is 9.59 Å². The molecule has 0 saturated carbocycles. The third-order valence-electron chi connectivity index (χ3n) is 4.02. The normalized spacial score (nSPS) is 16.1. The van der Waals surface area contributed by atoms with Crippen molar-refractivity contribution in [2.75, 3.05) is 26.2 Å². The van der Waals surface area contributed by atoms with Crippen LogP contribution in [-0.2, 0) is 4.79 Å². The predicted octanol–water partition coefficient (Wildman–Crippen LogP) is 2.05. The van der Waals surface area contributed by atoms with Gasteiger partial charge in [0, 0.05) is 44.2 Å². The first kappa shape index (κ1) is 20.4. The van der Waals surface area contributed by atoms with E-state index in [1.165, 1.54) is 18.2 Å². The number of halogens is 2. The summed E-state index contributed by atoms with van der Waals surface area (Å²) in [6.07, 6.45) is 1.84. The summed E-state index contributed by atoms with van der Waals surface area (Å²) in [5.41, 5.74) is 6.03. The van der Waals surface area contributed by atoms with Gasteiger partial charge in [0.05, 0.1) is 0 Å². The van der Waals surface area contributed by atoms with Crippen LogP contribution in [0.15, 0.2) is 24.3 Å². The number of benzene rings is 1. The lowest BCUT2D eigenvalue weighted by atomic mass is 10.2. The van der Waals surface area contributed by atoms with E-state index in [-0.39, 0.29) is 30.3 Å². The summed E-state index contributed by atoms with van der Waals surface area (Å²) in [4.78, 5) is 28.1. The molecule has 7 heteroatoms. The van der Waals surface area contributed by atoms with Crippen LogP contribution < -0.4 is 5.73 Å². The Morgan fingerprint density at radius 3 is 2.54 bits per heavy atom. The molecule has 0 bridgehead atoms. The van der Waals surface area contributed by atoms with Crippen molar-refractivity contribution in [3.8, 4) is 0 Å². The van der Waals surface area contributed by atoms with Gasteiger partial charge in [-0.15, -0.1) is 12.4 Å². The summed E-state index contributed by atoms with van der Waals surface area (Å²) >= 11 is 0. The first-order valence-corrected chi connectivity index (χ1v) is 8.05. The van der Waals surface area contributed by atoms with Crippen molar-refractivity contribution in [1.29, 1.82) is 0 Å². The minimum absolute atomic E-state index is 0. The van der Waals surface area contributed by atoms with Gasteiger partial charge in [-0.2, -0.15) is 0 Å². The first-order chi connectivity index (χ1) is 11.0. The van der Waals surface area contributed by atoms with E-state index in [1.54, 1.807) is 15.9 Å². The van der Waals surface area contributed by atoms with Gasteiger partial charge in [0.2, 0.25) is 5.91 Å². The third kappa shape index (κ3) is 5.76. The fraction of sp³-hybridized carbons (Fsp3) is 0.529. The van der Waals surface area contributed by atoms with Crippen LogP contribution in [0.1, 0.15) is 36.5 Å². The van der Waals surface area contributed by atoms with Crippen molar-refractivity contribution in [2.24, 2.45) is 5.73 Å². The van der Waals surface area contributed by atoms with Crippen LogP contribution >= 0.6 is 12.4 Å². The third-order valence-corrected chi connectivity index (χ3v) is 4.02. The second-order valence-corrected chi connectivity index (χ2v) is 6.05. The van der Waals surface area contributed by atoms with Crippen molar-refractivity contribution >= 4 is 24.2 Å². The highest BCUT2D eigenvalue weighted by atomic mass is 35.5. The number of amides is 2. The van der Waals surface area contributed by atoms with Crippen LogP contribution in [0.3, 0.4) is 0 Å². The standard InChI is InChI=1S/C17H24FN3O2.ClH/c1-13(19)6-7-16(22)20-8-3-9-21(11-10-20)17(23)14-4-2-5-15(18)12-14;/h2,4-5,12-13H,3,6-11,19H2,1H3;1H. The van der Waals surface area contributed by atoms with Crippen LogP contribution in [0.4, 0.5) is 4.39 Å². The second-order valence-electron chi connectivity index (χ2n) is 6.05. The van der Waals surface area contributed by atoms with E-state index in [2.05, 4.69) is 0 Å². The van der Waals surface area contributed by atoms with Crippen LogP contribution in [0.5, 0.6) is 0 Å².